The number of phosphoric acid groups is 1. The van der Waals surface area contributed by atoms with Gasteiger partial charge in [0.1, 0.15) is 19.8 Å². The third-order valence-electron chi connectivity index (χ3n) is 10.1. The molecule has 0 heterocycles. The fourth-order valence-electron chi connectivity index (χ4n) is 6.61. The molecule has 51 heavy (non-hydrogen) atoms. The van der Waals surface area contributed by atoms with Gasteiger partial charge in [0.25, 0.3) is 0 Å². The molecule has 0 amide bonds. The van der Waals surface area contributed by atoms with E-state index in [0.29, 0.717) is 17.4 Å². The summed E-state index contributed by atoms with van der Waals surface area (Å²) in [7, 11) is 1.49. The molecule has 0 aromatic heterocycles. The van der Waals surface area contributed by atoms with E-state index in [2.05, 4.69) is 13.8 Å². The summed E-state index contributed by atoms with van der Waals surface area (Å²) in [4.78, 5) is 35.3. The van der Waals surface area contributed by atoms with Crippen LogP contribution in [0.2, 0.25) is 0 Å². The van der Waals surface area contributed by atoms with E-state index in [4.69, 9.17) is 18.5 Å². The molecular formula is C41H81NO8P+. The molecule has 0 aliphatic heterocycles. The predicted molar refractivity (Wildman–Crippen MR) is 208 cm³/mol. The van der Waals surface area contributed by atoms with Crippen molar-refractivity contribution in [2.24, 2.45) is 11.8 Å². The molecule has 1 saturated carbocycles. The Morgan fingerprint density at radius 1 is 0.627 bits per heavy atom. The van der Waals surface area contributed by atoms with Crippen LogP contribution < -0.4 is 0 Å². The molecule has 3 unspecified atom stereocenters. The quantitative estimate of drug-likeness (QED) is 0.0290. The van der Waals surface area contributed by atoms with E-state index in [1.807, 2.05) is 21.1 Å². The van der Waals surface area contributed by atoms with Crippen molar-refractivity contribution < 1.29 is 42.1 Å². The van der Waals surface area contributed by atoms with Crippen molar-refractivity contribution in [2.75, 3.05) is 47.5 Å². The Hall–Kier alpha value is -0.990. The zero-order valence-electron chi connectivity index (χ0n) is 33.9. The van der Waals surface area contributed by atoms with Gasteiger partial charge in [-0.25, -0.2) is 4.57 Å². The number of ether oxygens (including phenoxy) is 2. The second-order valence-electron chi connectivity index (χ2n) is 16.3. The number of hydrogen-bond acceptors (Lipinski definition) is 7. The number of likely N-dealkylation sites (N-methyl/N-ethyl adjacent to an activating group) is 1. The standard InChI is InChI=1S/C41H80NO8P/c1-6-8-10-12-13-14-15-16-17-18-19-22-26-30-40(43)47-35-39(36-49-51(45,46)48-33-32-42(3,4)5)50-41(44)31-27-23-20-21-25-29-38-34-37(38)28-24-11-9-7-2/h37-39H,6-36H2,1-5H3/p+1/t37?,38?,39-/m1/s1. The molecular weight excluding hydrogens is 665 g/mol. The fraction of sp³-hybridized carbons (Fsp3) is 0.951. The fourth-order valence-corrected chi connectivity index (χ4v) is 7.35. The highest BCUT2D eigenvalue weighted by Gasteiger charge is 2.35. The van der Waals surface area contributed by atoms with Crippen LogP contribution in [0.5, 0.6) is 0 Å². The average molecular weight is 747 g/mol. The predicted octanol–water partition coefficient (Wildman–Crippen LogP) is 11.1. The van der Waals surface area contributed by atoms with Crippen LogP contribution in [0.3, 0.4) is 0 Å². The van der Waals surface area contributed by atoms with Gasteiger partial charge in [-0.05, 0) is 31.1 Å². The smallest absolute Gasteiger partial charge is 0.462 e. The van der Waals surface area contributed by atoms with E-state index >= 15 is 0 Å². The molecule has 0 aromatic carbocycles. The molecule has 0 bridgehead atoms. The van der Waals surface area contributed by atoms with Crippen LogP contribution in [-0.4, -0.2) is 74.9 Å². The first-order valence-electron chi connectivity index (χ1n) is 21.2. The van der Waals surface area contributed by atoms with E-state index in [0.717, 1.165) is 50.4 Å². The number of carbonyl (C=O) groups excluding carboxylic acids is 2. The molecule has 0 saturated heterocycles. The lowest BCUT2D eigenvalue weighted by Crippen LogP contribution is -2.37. The first kappa shape index (κ1) is 48.0. The van der Waals surface area contributed by atoms with E-state index in [9.17, 15) is 19.0 Å². The Morgan fingerprint density at radius 2 is 1.06 bits per heavy atom. The summed E-state index contributed by atoms with van der Waals surface area (Å²) in [6.07, 6.45) is 30.4. The normalized spacial score (nSPS) is 17.6. The van der Waals surface area contributed by atoms with Gasteiger partial charge in [-0.3, -0.25) is 18.6 Å². The molecule has 9 nitrogen and oxygen atoms in total. The van der Waals surface area contributed by atoms with Gasteiger partial charge in [0.05, 0.1) is 27.7 Å². The van der Waals surface area contributed by atoms with Gasteiger partial charge in [0, 0.05) is 12.8 Å². The second kappa shape index (κ2) is 30.3. The maximum absolute atomic E-state index is 12.7. The van der Waals surface area contributed by atoms with Crippen LogP contribution in [0.15, 0.2) is 0 Å². The largest absolute Gasteiger partial charge is 0.472 e. The van der Waals surface area contributed by atoms with Crippen LogP contribution in [0.4, 0.5) is 0 Å². The molecule has 1 fully saturated rings. The minimum absolute atomic E-state index is 0.0378. The average Bonchev–Trinajstić information content (AvgIpc) is 3.83. The van der Waals surface area contributed by atoms with Gasteiger partial charge in [-0.1, -0.05) is 155 Å². The Bertz CT molecular complexity index is 911. The number of phosphoric ester groups is 1. The third-order valence-corrected chi connectivity index (χ3v) is 11.1. The number of quaternary nitrogens is 1. The Kier molecular flexibility index (Phi) is 28.6. The van der Waals surface area contributed by atoms with Crippen molar-refractivity contribution in [3.63, 3.8) is 0 Å². The van der Waals surface area contributed by atoms with Gasteiger partial charge in [-0.2, -0.15) is 0 Å². The Morgan fingerprint density at radius 3 is 1.55 bits per heavy atom. The molecule has 1 aliphatic rings. The molecule has 1 aliphatic carbocycles. The van der Waals surface area contributed by atoms with Gasteiger partial charge in [-0.15, -0.1) is 0 Å². The van der Waals surface area contributed by atoms with Gasteiger partial charge in [0.2, 0.25) is 0 Å². The lowest BCUT2D eigenvalue weighted by atomic mass is 10.0. The minimum atomic E-state index is -4.36. The number of unbranched alkanes of at least 4 members (excludes halogenated alkanes) is 19. The van der Waals surface area contributed by atoms with E-state index in [1.54, 1.807) is 0 Å². The number of hydrogen-bond donors (Lipinski definition) is 1. The van der Waals surface area contributed by atoms with Gasteiger partial charge >= 0.3 is 19.8 Å². The molecule has 1 N–H and O–H groups in total. The molecule has 1 rings (SSSR count). The second-order valence-corrected chi connectivity index (χ2v) is 17.8. The number of carbonyl (C=O) groups is 2. The Labute approximate surface area is 313 Å². The van der Waals surface area contributed by atoms with Crippen molar-refractivity contribution in [1.82, 2.24) is 0 Å². The van der Waals surface area contributed by atoms with Crippen LogP contribution in [0.25, 0.3) is 0 Å². The molecule has 0 aromatic rings. The third kappa shape index (κ3) is 31.1. The first-order valence-corrected chi connectivity index (χ1v) is 22.7. The lowest BCUT2D eigenvalue weighted by molar-refractivity contribution is -0.870. The van der Waals surface area contributed by atoms with E-state index < -0.39 is 26.5 Å². The molecule has 10 heteroatoms. The van der Waals surface area contributed by atoms with Crippen molar-refractivity contribution in [2.45, 2.75) is 193 Å². The monoisotopic (exact) mass is 747 g/mol. The molecule has 302 valence electrons. The molecule has 4 atom stereocenters. The van der Waals surface area contributed by atoms with Crippen LogP contribution in [0, 0.1) is 11.8 Å². The first-order chi connectivity index (χ1) is 24.5. The highest BCUT2D eigenvalue weighted by Crippen LogP contribution is 2.46. The highest BCUT2D eigenvalue weighted by molar-refractivity contribution is 7.47. The molecule has 0 radical (unpaired) electrons. The summed E-state index contributed by atoms with van der Waals surface area (Å²) in [5, 5.41) is 0. The maximum Gasteiger partial charge on any atom is 0.472 e. The SMILES string of the molecule is CCCCCCCCCCCCCCCC(=O)OC[C@H](COP(=O)(O)OCC[N+](C)(C)C)OC(=O)CCCCCCCC1CC1CCCCCC. The van der Waals surface area contributed by atoms with Gasteiger partial charge < -0.3 is 18.9 Å². The van der Waals surface area contributed by atoms with Crippen molar-refractivity contribution in [3.05, 3.63) is 0 Å². The summed E-state index contributed by atoms with van der Waals surface area (Å²) in [5.41, 5.74) is 0. The summed E-state index contributed by atoms with van der Waals surface area (Å²) >= 11 is 0. The number of esters is 2. The zero-order valence-corrected chi connectivity index (χ0v) is 34.7. The summed E-state index contributed by atoms with van der Waals surface area (Å²) in [5.74, 6) is 1.14. The summed E-state index contributed by atoms with van der Waals surface area (Å²) < 4.78 is 34.3. The maximum atomic E-state index is 12.7. The topological polar surface area (TPSA) is 108 Å². The van der Waals surface area contributed by atoms with Crippen molar-refractivity contribution in [3.8, 4) is 0 Å². The van der Waals surface area contributed by atoms with E-state index in [1.165, 1.54) is 122 Å². The molecule has 0 spiro atoms. The van der Waals surface area contributed by atoms with Crippen molar-refractivity contribution in [1.29, 1.82) is 0 Å². The summed E-state index contributed by atoms with van der Waals surface area (Å²) in [6, 6.07) is 0. The van der Waals surface area contributed by atoms with Crippen molar-refractivity contribution >= 4 is 19.8 Å². The van der Waals surface area contributed by atoms with Crippen LogP contribution in [0.1, 0.15) is 187 Å². The highest BCUT2D eigenvalue weighted by atomic mass is 31.2. The minimum Gasteiger partial charge on any atom is -0.462 e. The lowest BCUT2D eigenvalue weighted by Gasteiger charge is -2.24. The number of nitrogens with zero attached hydrogens (tertiary/aromatic N) is 1. The van der Waals surface area contributed by atoms with Crippen LogP contribution >= 0.6 is 7.82 Å². The van der Waals surface area contributed by atoms with Gasteiger partial charge in [0.15, 0.2) is 6.10 Å². The summed E-state index contributed by atoms with van der Waals surface area (Å²) in [6.45, 7) is 4.46. The Balaban J connectivity index is 2.29. The number of rotatable bonds is 37. The van der Waals surface area contributed by atoms with Crippen LogP contribution in [-0.2, 0) is 32.7 Å². The van der Waals surface area contributed by atoms with E-state index in [-0.39, 0.29) is 25.6 Å². The zero-order chi connectivity index (χ0) is 37.6.